The maximum Gasteiger partial charge on any atom is 0.472 e. The van der Waals surface area contributed by atoms with Gasteiger partial charge < -0.3 is 18.9 Å². The van der Waals surface area contributed by atoms with Crippen LogP contribution < -0.4 is 0 Å². The molecule has 0 aliphatic rings. The molecule has 2 unspecified atom stereocenters. The molecule has 0 saturated carbocycles. The van der Waals surface area contributed by atoms with E-state index in [4.69, 9.17) is 18.5 Å². The lowest BCUT2D eigenvalue weighted by Gasteiger charge is -2.24. The van der Waals surface area contributed by atoms with E-state index >= 15 is 0 Å². The molecule has 0 aliphatic heterocycles. The normalized spacial score (nSPS) is 13.6. The van der Waals surface area contributed by atoms with E-state index in [0.29, 0.717) is 17.4 Å². The predicted molar refractivity (Wildman–Crippen MR) is 312 cm³/mol. The van der Waals surface area contributed by atoms with Crippen LogP contribution in [-0.2, 0) is 32.7 Å². The Morgan fingerprint density at radius 1 is 0.425 bits per heavy atom. The Kier molecular flexibility index (Phi) is 53.2. The summed E-state index contributed by atoms with van der Waals surface area (Å²) in [6, 6.07) is 0. The van der Waals surface area contributed by atoms with Gasteiger partial charge in [0.15, 0.2) is 6.10 Å². The number of esters is 2. The fourth-order valence-corrected chi connectivity index (χ4v) is 9.53. The summed E-state index contributed by atoms with van der Waals surface area (Å²) >= 11 is 0. The van der Waals surface area contributed by atoms with E-state index in [1.807, 2.05) is 21.1 Å². The summed E-state index contributed by atoms with van der Waals surface area (Å²) in [6.07, 6.45) is 69.0. The van der Waals surface area contributed by atoms with Gasteiger partial charge in [-0.25, -0.2) is 4.57 Å². The number of phosphoric ester groups is 1. The summed E-state index contributed by atoms with van der Waals surface area (Å²) in [6.45, 7) is 4.43. The summed E-state index contributed by atoms with van der Waals surface area (Å²) in [7, 11) is 1.48. The molecule has 0 aromatic carbocycles. The van der Waals surface area contributed by atoms with Gasteiger partial charge in [0.1, 0.15) is 19.8 Å². The van der Waals surface area contributed by atoms with Crippen LogP contribution in [0.15, 0.2) is 48.6 Å². The summed E-state index contributed by atoms with van der Waals surface area (Å²) in [5, 5.41) is 0. The van der Waals surface area contributed by atoms with Gasteiger partial charge in [0.2, 0.25) is 0 Å². The van der Waals surface area contributed by atoms with E-state index in [-0.39, 0.29) is 32.0 Å². The molecular formula is C63H119NO8P+. The maximum absolute atomic E-state index is 12.8. The van der Waals surface area contributed by atoms with Crippen molar-refractivity contribution in [2.45, 2.75) is 296 Å². The predicted octanol–water partition coefficient (Wildman–Crippen LogP) is 19.3. The molecular weight excluding hydrogens is 930 g/mol. The van der Waals surface area contributed by atoms with Crippen LogP contribution in [0.5, 0.6) is 0 Å². The number of ether oxygens (including phenoxy) is 2. The largest absolute Gasteiger partial charge is 0.472 e. The first-order valence-corrected chi connectivity index (χ1v) is 32.4. The van der Waals surface area contributed by atoms with Crippen molar-refractivity contribution in [3.05, 3.63) is 48.6 Å². The van der Waals surface area contributed by atoms with Gasteiger partial charge in [-0.2, -0.15) is 0 Å². The van der Waals surface area contributed by atoms with E-state index < -0.39 is 26.5 Å². The van der Waals surface area contributed by atoms with Gasteiger partial charge in [0, 0.05) is 12.8 Å². The molecule has 1 N–H and O–H groups in total. The number of hydrogen-bond donors (Lipinski definition) is 1. The van der Waals surface area contributed by atoms with Gasteiger partial charge in [-0.15, -0.1) is 0 Å². The van der Waals surface area contributed by atoms with Gasteiger partial charge in [0.05, 0.1) is 27.7 Å². The first-order valence-electron chi connectivity index (χ1n) is 30.9. The van der Waals surface area contributed by atoms with Crippen LogP contribution in [-0.4, -0.2) is 74.9 Å². The zero-order valence-corrected chi connectivity index (χ0v) is 49.5. The van der Waals surface area contributed by atoms with Crippen molar-refractivity contribution in [3.63, 3.8) is 0 Å². The highest BCUT2D eigenvalue weighted by atomic mass is 31.2. The molecule has 0 saturated heterocycles. The van der Waals surface area contributed by atoms with Crippen LogP contribution in [0.2, 0.25) is 0 Å². The zero-order chi connectivity index (χ0) is 53.5. The van der Waals surface area contributed by atoms with Gasteiger partial charge in [-0.1, -0.05) is 249 Å². The van der Waals surface area contributed by atoms with Gasteiger partial charge in [0.25, 0.3) is 0 Å². The van der Waals surface area contributed by atoms with Crippen molar-refractivity contribution in [1.29, 1.82) is 0 Å². The Balaban J connectivity index is 4.06. The van der Waals surface area contributed by atoms with Crippen LogP contribution in [0.4, 0.5) is 0 Å². The summed E-state index contributed by atoms with van der Waals surface area (Å²) in [5.41, 5.74) is 0. The van der Waals surface area contributed by atoms with Crippen molar-refractivity contribution in [1.82, 2.24) is 0 Å². The van der Waals surface area contributed by atoms with Crippen molar-refractivity contribution in [2.75, 3.05) is 47.5 Å². The first-order chi connectivity index (χ1) is 35.5. The molecule has 0 fully saturated rings. The van der Waals surface area contributed by atoms with E-state index in [0.717, 1.165) is 57.8 Å². The van der Waals surface area contributed by atoms with Gasteiger partial charge in [-0.05, 0) is 77.0 Å². The second kappa shape index (κ2) is 54.7. The maximum atomic E-state index is 12.8. The molecule has 0 spiro atoms. The lowest BCUT2D eigenvalue weighted by atomic mass is 10.0. The highest BCUT2D eigenvalue weighted by molar-refractivity contribution is 7.47. The van der Waals surface area contributed by atoms with E-state index in [1.54, 1.807) is 0 Å². The van der Waals surface area contributed by atoms with Crippen LogP contribution in [0, 0.1) is 0 Å². The zero-order valence-electron chi connectivity index (χ0n) is 48.6. The molecule has 0 amide bonds. The minimum Gasteiger partial charge on any atom is -0.462 e. The molecule has 0 radical (unpaired) electrons. The van der Waals surface area contributed by atoms with Gasteiger partial charge in [-0.3, -0.25) is 18.6 Å². The number of carbonyl (C=O) groups is 2. The Morgan fingerprint density at radius 2 is 0.740 bits per heavy atom. The van der Waals surface area contributed by atoms with Crippen molar-refractivity contribution in [2.24, 2.45) is 0 Å². The number of unbranched alkanes of at least 4 members (excludes halogenated alkanes) is 35. The summed E-state index contributed by atoms with van der Waals surface area (Å²) in [4.78, 5) is 35.7. The molecule has 73 heavy (non-hydrogen) atoms. The second-order valence-corrected chi connectivity index (χ2v) is 23.5. The number of likely N-dealkylation sites (N-methyl/N-ethyl adjacent to an activating group) is 1. The highest BCUT2D eigenvalue weighted by Gasteiger charge is 2.27. The third kappa shape index (κ3) is 59.1. The molecule has 0 heterocycles. The van der Waals surface area contributed by atoms with Crippen LogP contribution in [0.1, 0.15) is 290 Å². The Bertz CT molecular complexity index is 1370. The van der Waals surface area contributed by atoms with Crippen molar-refractivity contribution >= 4 is 19.8 Å². The fourth-order valence-electron chi connectivity index (χ4n) is 8.78. The average molecular weight is 1050 g/mol. The third-order valence-electron chi connectivity index (χ3n) is 13.6. The molecule has 0 aromatic rings. The Labute approximate surface area is 452 Å². The quantitative estimate of drug-likeness (QED) is 0.0211. The second-order valence-electron chi connectivity index (χ2n) is 22.1. The number of rotatable bonds is 57. The summed E-state index contributed by atoms with van der Waals surface area (Å²) < 4.78 is 34.6. The topological polar surface area (TPSA) is 108 Å². The number of carbonyl (C=O) groups excluding carboxylic acids is 2. The molecule has 2 atom stereocenters. The van der Waals surface area contributed by atoms with E-state index in [1.165, 1.54) is 199 Å². The third-order valence-corrected chi connectivity index (χ3v) is 14.6. The molecule has 10 heteroatoms. The molecule has 9 nitrogen and oxygen atoms in total. The minimum atomic E-state index is -4.39. The monoisotopic (exact) mass is 1050 g/mol. The molecule has 0 aliphatic carbocycles. The number of hydrogen-bond acceptors (Lipinski definition) is 7. The molecule has 0 aromatic heterocycles. The number of phosphoric acid groups is 1. The van der Waals surface area contributed by atoms with Crippen molar-refractivity contribution < 1.29 is 42.1 Å². The number of allylic oxidation sites excluding steroid dienone is 8. The number of quaternary nitrogens is 1. The standard InChI is InChI=1S/C63H118NO8P/c1-6-8-10-12-14-16-18-20-22-24-26-27-28-29-30-31-32-33-34-35-36-37-38-40-42-44-46-48-50-52-54-56-63(66)72-61(60-71-73(67,68)70-58-57-64(3,4)5)59-69-62(65)55-53-51-49-47-45-43-41-39-25-23-21-19-17-15-13-11-9-7-2/h17-20,23-26,61H,6-16,21-22,27-60H2,1-5H3/p+1/b19-17-,20-18-,25-23-,26-24-. The van der Waals surface area contributed by atoms with E-state index in [2.05, 4.69) is 62.5 Å². The number of nitrogens with zero attached hydrogens (tertiary/aromatic N) is 1. The first kappa shape index (κ1) is 71.0. The average Bonchev–Trinajstić information content (AvgIpc) is 3.35. The Hall–Kier alpha value is -2.03. The lowest BCUT2D eigenvalue weighted by Crippen LogP contribution is -2.37. The lowest BCUT2D eigenvalue weighted by molar-refractivity contribution is -0.870. The fraction of sp³-hybridized carbons (Fsp3) is 0.841. The van der Waals surface area contributed by atoms with Crippen LogP contribution in [0.25, 0.3) is 0 Å². The van der Waals surface area contributed by atoms with Crippen LogP contribution >= 0.6 is 7.82 Å². The SMILES string of the molecule is CCCCCC/C=C\C/C=C\CCCCCCCCCC(=O)OCC(COP(=O)(O)OCC[N+](C)(C)C)OC(=O)CCCCCCCCCCCCCCCCCCCCC/C=C\C/C=C\CCCCCCC. The molecule has 0 bridgehead atoms. The highest BCUT2D eigenvalue weighted by Crippen LogP contribution is 2.43. The van der Waals surface area contributed by atoms with E-state index in [9.17, 15) is 19.0 Å². The minimum absolute atomic E-state index is 0.0309. The Morgan fingerprint density at radius 3 is 1.10 bits per heavy atom. The van der Waals surface area contributed by atoms with Crippen molar-refractivity contribution in [3.8, 4) is 0 Å². The molecule has 0 rings (SSSR count). The summed E-state index contributed by atoms with van der Waals surface area (Å²) in [5.74, 6) is -0.795. The molecule has 428 valence electrons. The smallest absolute Gasteiger partial charge is 0.462 e. The van der Waals surface area contributed by atoms with Crippen LogP contribution in [0.3, 0.4) is 0 Å². The van der Waals surface area contributed by atoms with Gasteiger partial charge >= 0.3 is 19.8 Å².